The van der Waals surface area contributed by atoms with E-state index in [0.29, 0.717) is 13.1 Å². The second-order valence-corrected chi connectivity index (χ2v) is 5.89. The SMILES string of the molecule is CCN(CC(=O)N(C)Cc1ccc(OC)cc1)Cc1ccccc1. The molecule has 4 nitrogen and oxygen atoms in total. The molecule has 2 rings (SSSR count). The second kappa shape index (κ2) is 9.08. The number of hydrogen-bond acceptors (Lipinski definition) is 3. The van der Waals surface area contributed by atoms with E-state index in [9.17, 15) is 4.79 Å². The Kier molecular flexibility index (Phi) is 6.82. The number of carbonyl (C=O) groups excluding carboxylic acids is 1. The molecule has 0 aromatic heterocycles. The minimum absolute atomic E-state index is 0.128. The Labute approximate surface area is 144 Å². The highest BCUT2D eigenvalue weighted by Gasteiger charge is 2.14. The van der Waals surface area contributed by atoms with Gasteiger partial charge in [0, 0.05) is 20.1 Å². The van der Waals surface area contributed by atoms with Crippen molar-refractivity contribution in [2.24, 2.45) is 0 Å². The number of methoxy groups -OCH3 is 1. The molecule has 0 heterocycles. The number of rotatable bonds is 8. The van der Waals surface area contributed by atoms with Crippen molar-refractivity contribution >= 4 is 5.91 Å². The van der Waals surface area contributed by atoms with Gasteiger partial charge in [-0.3, -0.25) is 9.69 Å². The van der Waals surface area contributed by atoms with E-state index in [0.717, 1.165) is 24.4 Å². The molecule has 0 radical (unpaired) electrons. The van der Waals surface area contributed by atoms with E-state index in [1.54, 1.807) is 12.0 Å². The number of benzene rings is 2. The highest BCUT2D eigenvalue weighted by atomic mass is 16.5. The summed E-state index contributed by atoms with van der Waals surface area (Å²) in [4.78, 5) is 16.4. The molecule has 128 valence electrons. The minimum atomic E-state index is 0.128. The lowest BCUT2D eigenvalue weighted by Gasteiger charge is -2.24. The van der Waals surface area contributed by atoms with Crippen LogP contribution in [0, 0.1) is 0 Å². The number of carbonyl (C=O) groups is 1. The summed E-state index contributed by atoms with van der Waals surface area (Å²) < 4.78 is 5.16. The monoisotopic (exact) mass is 326 g/mol. The topological polar surface area (TPSA) is 32.8 Å². The van der Waals surface area contributed by atoms with Crippen LogP contribution in [0.15, 0.2) is 54.6 Å². The van der Waals surface area contributed by atoms with Crippen molar-refractivity contribution in [3.63, 3.8) is 0 Å². The largest absolute Gasteiger partial charge is 0.497 e. The first-order chi connectivity index (χ1) is 11.6. The van der Waals surface area contributed by atoms with E-state index in [-0.39, 0.29) is 5.91 Å². The molecule has 0 N–H and O–H groups in total. The summed E-state index contributed by atoms with van der Waals surface area (Å²) in [5, 5.41) is 0. The Morgan fingerprint density at radius 1 is 0.958 bits per heavy atom. The van der Waals surface area contributed by atoms with Crippen LogP contribution in [0.4, 0.5) is 0 Å². The lowest BCUT2D eigenvalue weighted by atomic mass is 10.2. The van der Waals surface area contributed by atoms with Crippen LogP contribution in [0.5, 0.6) is 5.75 Å². The summed E-state index contributed by atoms with van der Waals surface area (Å²) in [6.07, 6.45) is 0. The molecule has 0 saturated carbocycles. The van der Waals surface area contributed by atoms with Crippen molar-refractivity contribution in [2.45, 2.75) is 20.0 Å². The molecule has 0 bridgehead atoms. The van der Waals surface area contributed by atoms with Crippen LogP contribution in [0.3, 0.4) is 0 Å². The lowest BCUT2D eigenvalue weighted by Crippen LogP contribution is -2.37. The molecule has 0 saturated heterocycles. The van der Waals surface area contributed by atoms with E-state index >= 15 is 0 Å². The zero-order valence-electron chi connectivity index (χ0n) is 14.7. The zero-order chi connectivity index (χ0) is 17.4. The smallest absolute Gasteiger partial charge is 0.236 e. The number of hydrogen-bond donors (Lipinski definition) is 0. The molecule has 2 aromatic rings. The average molecular weight is 326 g/mol. The summed E-state index contributed by atoms with van der Waals surface area (Å²) in [5.41, 5.74) is 2.32. The third-order valence-electron chi connectivity index (χ3n) is 4.06. The fraction of sp³-hybridized carbons (Fsp3) is 0.350. The van der Waals surface area contributed by atoms with Crippen molar-refractivity contribution in [3.8, 4) is 5.75 Å². The molecule has 4 heteroatoms. The van der Waals surface area contributed by atoms with Crippen LogP contribution in [0.25, 0.3) is 0 Å². The molecular formula is C20H26N2O2. The van der Waals surface area contributed by atoms with Crippen molar-refractivity contribution < 1.29 is 9.53 Å². The van der Waals surface area contributed by atoms with Crippen LogP contribution in [-0.4, -0.2) is 43.0 Å². The van der Waals surface area contributed by atoms with Gasteiger partial charge >= 0.3 is 0 Å². The highest BCUT2D eigenvalue weighted by molar-refractivity contribution is 5.78. The maximum absolute atomic E-state index is 12.5. The molecule has 24 heavy (non-hydrogen) atoms. The van der Waals surface area contributed by atoms with Crippen molar-refractivity contribution in [3.05, 3.63) is 65.7 Å². The molecule has 0 spiro atoms. The second-order valence-electron chi connectivity index (χ2n) is 5.89. The maximum Gasteiger partial charge on any atom is 0.236 e. The van der Waals surface area contributed by atoms with E-state index in [4.69, 9.17) is 4.74 Å². The summed E-state index contributed by atoms with van der Waals surface area (Å²) in [6.45, 7) is 4.75. The molecule has 0 unspecified atom stereocenters. The van der Waals surface area contributed by atoms with Gasteiger partial charge in [-0.15, -0.1) is 0 Å². The Balaban J connectivity index is 1.89. The fourth-order valence-corrected chi connectivity index (χ4v) is 2.53. The molecule has 0 aliphatic carbocycles. The Hall–Kier alpha value is -2.33. The molecule has 2 aromatic carbocycles. The molecule has 0 atom stereocenters. The normalized spacial score (nSPS) is 10.7. The van der Waals surface area contributed by atoms with Gasteiger partial charge in [-0.1, -0.05) is 49.4 Å². The van der Waals surface area contributed by atoms with Crippen molar-refractivity contribution in [1.29, 1.82) is 0 Å². The van der Waals surface area contributed by atoms with Gasteiger partial charge in [0.05, 0.1) is 13.7 Å². The van der Waals surface area contributed by atoms with E-state index in [1.165, 1.54) is 5.56 Å². The first kappa shape index (κ1) is 18.0. The van der Waals surface area contributed by atoms with Gasteiger partial charge in [-0.2, -0.15) is 0 Å². The number of amides is 1. The Morgan fingerprint density at radius 2 is 1.58 bits per heavy atom. The Morgan fingerprint density at radius 3 is 2.17 bits per heavy atom. The maximum atomic E-state index is 12.5. The van der Waals surface area contributed by atoms with Gasteiger partial charge in [0.15, 0.2) is 0 Å². The number of ether oxygens (including phenoxy) is 1. The lowest BCUT2D eigenvalue weighted by molar-refractivity contribution is -0.131. The molecule has 1 amide bonds. The number of likely N-dealkylation sites (N-methyl/N-ethyl adjacent to an activating group) is 2. The van der Waals surface area contributed by atoms with E-state index in [1.807, 2.05) is 49.5 Å². The predicted octanol–water partition coefficient (Wildman–Crippen LogP) is 3.18. The van der Waals surface area contributed by atoms with Crippen LogP contribution < -0.4 is 4.74 Å². The first-order valence-corrected chi connectivity index (χ1v) is 8.25. The van der Waals surface area contributed by atoms with Gasteiger partial charge in [-0.05, 0) is 29.8 Å². The van der Waals surface area contributed by atoms with Gasteiger partial charge < -0.3 is 9.64 Å². The van der Waals surface area contributed by atoms with E-state index < -0.39 is 0 Å². The summed E-state index contributed by atoms with van der Waals surface area (Å²) in [7, 11) is 3.50. The van der Waals surface area contributed by atoms with Gasteiger partial charge in [0.25, 0.3) is 0 Å². The summed E-state index contributed by atoms with van der Waals surface area (Å²) in [6, 6.07) is 18.1. The van der Waals surface area contributed by atoms with Crippen LogP contribution in [0.2, 0.25) is 0 Å². The van der Waals surface area contributed by atoms with Gasteiger partial charge in [0.2, 0.25) is 5.91 Å². The third-order valence-corrected chi connectivity index (χ3v) is 4.06. The fourth-order valence-electron chi connectivity index (χ4n) is 2.53. The number of nitrogens with zero attached hydrogens (tertiary/aromatic N) is 2. The predicted molar refractivity (Wildman–Crippen MR) is 96.9 cm³/mol. The van der Waals surface area contributed by atoms with Crippen LogP contribution >= 0.6 is 0 Å². The molecule has 0 fully saturated rings. The summed E-state index contributed by atoms with van der Waals surface area (Å²) >= 11 is 0. The summed E-state index contributed by atoms with van der Waals surface area (Å²) in [5.74, 6) is 0.955. The first-order valence-electron chi connectivity index (χ1n) is 8.25. The highest BCUT2D eigenvalue weighted by Crippen LogP contribution is 2.13. The van der Waals surface area contributed by atoms with Crippen molar-refractivity contribution in [1.82, 2.24) is 9.80 Å². The quantitative estimate of drug-likeness (QED) is 0.747. The standard InChI is InChI=1S/C20H26N2O2/c1-4-22(15-17-8-6-5-7-9-17)16-20(23)21(2)14-18-10-12-19(24-3)13-11-18/h5-13H,4,14-16H2,1-3H3. The molecule has 0 aliphatic rings. The zero-order valence-corrected chi connectivity index (χ0v) is 14.7. The van der Waals surface area contributed by atoms with Crippen LogP contribution in [0.1, 0.15) is 18.1 Å². The van der Waals surface area contributed by atoms with Crippen LogP contribution in [-0.2, 0) is 17.9 Å². The third kappa shape index (κ3) is 5.39. The average Bonchev–Trinajstić information content (AvgIpc) is 2.62. The van der Waals surface area contributed by atoms with E-state index in [2.05, 4.69) is 24.0 Å². The van der Waals surface area contributed by atoms with Gasteiger partial charge in [-0.25, -0.2) is 0 Å². The minimum Gasteiger partial charge on any atom is -0.497 e. The molecule has 0 aliphatic heterocycles. The van der Waals surface area contributed by atoms with Gasteiger partial charge in [0.1, 0.15) is 5.75 Å². The Bertz CT molecular complexity index is 626. The molecular weight excluding hydrogens is 300 g/mol. The van der Waals surface area contributed by atoms with Crippen molar-refractivity contribution in [2.75, 3.05) is 27.2 Å².